The molecule has 0 aromatic heterocycles. The zero-order valence-electron chi connectivity index (χ0n) is 28.2. The molecule has 1 aliphatic heterocycles. The molecule has 268 valence electrons. The van der Waals surface area contributed by atoms with Crippen molar-refractivity contribution in [3.63, 3.8) is 0 Å². The molecular formula is C35H51F2N3O7S. The molecule has 1 unspecified atom stereocenters. The molecule has 13 heteroatoms. The molecule has 2 aromatic rings. The second kappa shape index (κ2) is 19.8. The summed E-state index contributed by atoms with van der Waals surface area (Å²) in [4.78, 5) is 26.8. The number of nitrogens with one attached hydrogen (secondary N) is 2. The third-order valence-corrected chi connectivity index (χ3v) is 10.6. The van der Waals surface area contributed by atoms with E-state index in [4.69, 9.17) is 19.9 Å². The van der Waals surface area contributed by atoms with Gasteiger partial charge in [0.2, 0.25) is 0 Å². The van der Waals surface area contributed by atoms with Crippen LogP contribution in [-0.4, -0.2) is 75.5 Å². The fourth-order valence-electron chi connectivity index (χ4n) is 5.77. The predicted octanol–water partition coefficient (Wildman–Crippen LogP) is 4.76. The number of sulfone groups is 1. The third-order valence-electron chi connectivity index (χ3n) is 8.36. The van der Waals surface area contributed by atoms with Gasteiger partial charge in [0.05, 0.1) is 24.2 Å². The molecule has 10 nitrogen and oxygen atoms in total. The second-order valence-corrected chi connectivity index (χ2v) is 14.7. The average Bonchev–Trinajstić information content (AvgIpc) is 3.03. The zero-order chi connectivity index (χ0) is 35.1. The molecule has 0 bridgehead atoms. The smallest absolute Gasteiger partial charge is 0.408 e. The van der Waals surface area contributed by atoms with Crippen LogP contribution >= 0.6 is 0 Å². The first-order valence-corrected chi connectivity index (χ1v) is 18.6. The number of halogens is 2. The summed E-state index contributed by atoms with van der Waals surface area (Å²) in [6.07, 6.45) is 1.39. The summed E-state index contributed by atoms with van der Waals surface area (Å²) in [5.41, 5.74) is 8.89. The van der Waals surface area contributed by atoms with Crippen molar-refractivity contribution < 1.29 is 41.0 Å². The average molecular weight is 696 g/mol. The van der Waals surface area contributed by atoms with Crippen molar-refractivity contribution in [3.05, 3.63) is 70.8 Å². The maximum atomic E-state index is 14.0. The molecule has 0 radical (unpaired) electrons. The van der Waals surface area contributed by atoms with Crippen molar-refractivity contribution in [1.29, 1.82) is 0 Å². The number of amides is 1. The maximum Gasteiger partial charge on any atom is 0.408 e. The lowest BCUT2D eigenvalue weighted by Gasteiger charge is -2.28. The van der Waals surface area contributed by atoms with Crippen molar-refractivity contribution >= 4 is 21.9 Å². The number of nitrogens with two attached hydrogens (primary N) is 1. The second-order valence-electron chi connectivity index (χ2n) is 12.4. The van der Waals surface area contributed by atoms with E-state index in [-0.39, 0.29) is 18.5 Å². The normalized spacial score (nSPS) is 15.9. The molecule has 0 spiro atoms. The highest BCUT2D eigenvalue weighted by molar-refractivity contribution is 7.92. The van der Waals surface area contributed by atoms with E-state index in [9.17, 15) is 26.8 Å². The number of rotatable bonds is 19. The summed E-state index contributed by atoms with van der Waals surface area (Å²) in [6, 6.07) is 8.47. The Morgan fingerprint density at radius 1 is 0.979 bits per heavy atom. The Labute approximate surface area is 283 Å². The summed E-state index contributed by atoms with van der Waals surface area (Å²) in [5.74, 6) is -3.24. The van der Waals surface area contributed by atoms with E-state index in [0.717, 1.165) is 35.7 Å². The molecule has 1 fully saturated rings. The van der Waals surface area contributed by atoms with Crippen molar-refractivity contribution in [3.8, 4) is 0 Å². The van der Waals surface area contributed by atoms with Crippen LogP contribution in [0.1, 0.15) is 76.0 Å². The Kier molecular flexibility index (Phi) is 16.2. The van der Waals surface area contributed by atoms with Crippen LogP contribution in [0.3, 0.4) is 0 Å². The zero-order valence-corrected chi connectivity index (χ0v) is 29.0. The van der Waals surface area contributed by atoms with Gasteiger partial charge in [0.25, 0.3) is 0 Å². The number of ether oxygens (including phenoxy) is 3. The Morgan fingerprint density at radius 2 is 1.62 bits per heavy atom. The first-order valence-electron chi connectivity index (χ1n) is 16.9. The minimum atomic E-state index is -3.86. The molecule has 3 rings (SSSR count). The molecule has 4 N–H and O–H groups in total. The lowest BCUT2D eigenvalue weighted by atomic mass is 10.0. The van der Waals surface area contributed by atoms with Gasteiger partial charge >= 0.3 is 12.1 Å². The van der Waals surface area contributed by atoms with Gasteiger partial charge < -0.3 is 30.6 Å². The predicted molar refractivity (Wildman–Crippen MR) is 180 cm³/mol. The highest BCUT2D eigenvalue weighted by Crippen LogP contribution is 2.19. The van der Waals surface area contributed by atoms with Gasteiger partial charge in [0.15, 0.2) is 9.84 Å². The van der Waals surface area contributed by atoms with Crippen LogP contribution in [-0.2, 0) is 48.2 Å². The number of carbonyl (C=O) groups is 2. The van der Waals surface area contributed by atoms with Crippen molar-refractivity contribution in [2.45, 2.75) is 108 Å². The molecule has 0 saturated carbocycles. The summed E-state index contributed by atoms with van der Waals surface area (Å²) in [6.45, 7) is 7.10. The molecular weight excluding hydrogens is 644 g/mol. The van der Waals surface area contributed by atoms with E-state index in [1.807, 2.05) is 45.0 Å². The molecule has 1 amide bonds. The number of alkyl carbamates (subject to hydrolysis) is 1. The van der Waals surface area contributed by atoms with E-state index in [0.29, 0.717) is 58.3 Å². The molecule has 1 aliphatic rings. The highest BCUT2D eigenvalue weighted by atomic mass is 32.2. The monoisotopic (exact) mass is 695 g/mol. The maximum absolute atomic E-state index is 14.0. The molecule has 2 aromatic carbocycles. The van der Waals surface area contributed by atoms with Crippen LogP contribution < -0.4 is 16.4 Å². The van der Waals surface area contributed by atoms with Gasteiger partial charge in [-0.1, -0.05) is 57.9 Å². The van der Waals surface area contributed by atoms with Gasteiger partial charge in [-0.15, -0.1) is 0 Å². The lowest BCUT2D eigenvalue weighted by Crippen LogP contribution is -2.52. The highest BCUT2D eigenvalue weighted by Gasteiger charge is 2.36. The van der Waals surface area contributed by atoms with Crippen LogP contribution in [0.2, 0.25) is 0 Å². The van der Waals surface area contributed by atoms with Gasteiger partial charge in [0.1, 0.15) is 29.9 Å². The van der Waals surface area contributed by atoms with Crippen LogP contribution in [0.5, 0.6) is 0 Å². The van der Waals surface area contributed by atoms with Crippen molar-refractivity contribution in [1.82, 2.24) is 10.6 Å². The Morgan fingerprint density at radius 3 is 2.25 bits per heavy atom. The summed E-state index contributed by atoms with van der Waals surface area (Å²) in [7, 11) is -3.86. The van der Waals surface area contributed by atoms with Gasteiger partial charge in [-0.2, -0.15) is 0 Å². The van der Waals surface area contributed by atoms with Gasteiger partial charge in [-0.3, -0.25) is 0 Å². The standard InChI is InChI=1S/C35H51F2N3O7S/c1-4-8-30(9-5-2)48(43,44)23-32(40-35(42)46-29-12-14-45-15-13-29)34(41)47-33(22-39-21-25-11-7-10-24(6-3)16-25)31(38)19-26-17-27(36)20-28(37)18-26/h7,10-11,16-18,20,29-33,39H,4-6,8-9,12-15,19,21-23,38H2,1-3H3,(H,40,42)/t31?,32-,33-/m1/s1. The Bertz CT molecular complexity index is 1400. The van der Waals surface area contributed by atoms with Crippen LogP contribution in [0.25, 0.3) is 0 Å². The topological polar surface area (TPSA) is 146 Å². The fourth-order valence-corrected chi connectivity index (χ4v) is 7.91. The molecule has 0 aliphatic carbocycles. The van der Waals surface area contributed by atoms with E-state index < -0.39 is 68.8 Å². The first-order chi connectivity index (χ1) is 22.9. The van der Waals surface area contributed by atoms with Crippen LogP contribution in [0, 0.1) is 11.6 Å². The number of hydrogen-bond donors (Lipinski definition) is 3. The van der Waals surface area contributed by atoms with Gasteiger partial charge in [0, 0.05) is 38.0 Å². The minimum absolute atomic E-state index is 0.0430. The molecule has 3 atom stereocenters. The van der Waals surface area contributed by atoms with Crippen molar-refractivity contribution in [2.24, 2.45) is 5.73 Å². The molecule has 48 heavy (non-hydrogen) atoms. The van der Waals surface area contributed by atoms with E-state index in [1.54, 1.807) is 0 Å². The fraction of sp³-hybridized carbons (Fsp3) is 0.600. The van der Waals surface area contributed by atoms with E-state index in [2.05, 4.69) is 10.6 Å². The number of hydrogen-bond acceptors (Lipinski definition) is 9. The summed E-state index contributed by atoms with van der Waals surface area (Å²) in [5, 5.41) is 4.98. The Balaban J connectivity index is 1.84. The number of aryl methyl sites for hydroxylation is 1. The van der Waals surface area contributed by atoms with Gasteiger partial charge in [-0.05, 0) is 54.5 Å². The first kappa shape index (κ1) is 39.3. The quantitative estimate of drug-likeness (QED) is 0.177. The van der Waals surface area contributed by atoms with Crippen LogP contribution in [0.4, 0.5) is 13.6 Å². The Hall–Kier alpha value is -3.13. The number of esters is 1. The number of carbonyl (C=O) groups excluding carboxylic acids is 2. The van der Waals surface area contributed by atoms with E-state index in [1.165, 1.54) is 0 Å². The molecule has 1 heterocycles. The summed E-state index contributed by atoms with van der Waals surface area (Å²) >= 11 is 0. The molecule has 1 saturated heterocycles. The van der Waals surface area contributed by atoms with Crippen molar-refractivity contribution in [2.75, 3.05) is 25.5 Å². The van der Waals surface area contributed by atoms with Crippen LogP contribution in [0.15, 0.2) is 42.5 Å². The lowest BCUT2D eigenvalue weighted by molar-refractivity contribution is -0.152. The summed E-state index contributed by atoms with van der Waals surface area (Å²) < 4.78 is 71.8. The minimum Gasteiger partial charge on any atom is -0.458 e. The third kappa shape index (κ3) is 13.1. The number of benzene rings is 2. The largest absolute Gasteiger partial charge is 0.458 e. The SMILES string of the molecule is CCCC(CCC)S(=O)(=O)C[C@@H](NC(=O)OC1CCOCC1)C(=O)O[C@H](CNCc1cccc(CC)c1)C(N)Cc1cc(F)cc(F)c1. The van der Waals surface area contributed by atoms with Gasteiger partial charge in [-0.25, -0.2) is 26.8 Å². The van der Waals surface area contributed by atoms with E-state index >= 15 is 0 Å².